The topological polar surface area (TPSA) is 80.7 Å². The van der Waals surface area contributed by atoms with Crippen LogP contribution in [0.3, 0.4) is 0 Å². The molecule has 5 nitrogen and oxygen atoms in total. The van der Waals surface area contributed by atoms with Crippen LogP contribution in [0.2, 0.25) is 0 Å². The van der Waals surface area contributed by atoms with E-state index in [4.69, 9.17) is 4.74 Å². The van der Waals surface area contributed by atoms with Gasteiger partial charge >= 0.3 is 5.97 Å². The van der Waals surface area contributed by atoms with E-state index < -0.39 is 5.92 Å². The molecule has 1 unspecified atom stereocenters. The fraction of sp³-hybridized carbons (Fsp3) is 0.400. The lowest BCUT2D eigenvalue weighted by Crippen LogP contribution is -2.19. The Balaban J connectivity index is 2.53. The van der Waals surface area contributed by atoms with Crippen molar-refractivity contribution in [2.45, 2.75) is 68.6 Å². The Bertz CT molecular complexity index is 924. The van der Waals surface area contributed by atoms with E-state index in [9.17, 15) is 19.5 Å². The lowest BCUT2D eigenvalue weighted by Gasteiger charge is -2.21. The summed E-state index contributed by atoms with van der Waals surface area (Å²) in [4.78, 5) is 39.3. The smallest absolute Gasteiger partial charge is 0.313 e. The van der Waals surface area contributed by atoms with Gasteiger partial charge in [-0.05, 0) is 55.5 Å². The molecule has 2 rings (SSSR count). The molecule has 172 valence electrons. The molecule has 0 bridgehead atoms. The molecule has 2 aromatic carbocycles. The van der Waals surface area contributed by atoms with Crippen LogP contribution in [0.25, 0.3) is 0 Å². The molecule has 2 aromatic rings. The van der Waals surface area contributed by atoms with Crippen molar-refractivity contribution in [3.05, 3.63) is 53.6 Å². The minimum Gasteiger partial charge on any atom is -0.508 e. The molecule has 1 N–H and O–H groups in total. The lowest BCUT2D eigenvalue weighted by atomic mass is 9.92. The molecule has 1 atom stereocenters. The number of esters is 1. The van der Waals surface area contributed by atoms with Gasteiger partial charge in [0.05, 0.1) is 12.5 Å². The minimum absolute atomic E-state index is 0.00279. The third-order valence-corrected chi connectivity index (χ3v) is 6.89. The number of phenols is 1. The number of aromatic hydroxyl groups is 1. The van der Waals surface area contributed by atoms with Crippen molar-refractivity contribution in [2.24, 2.45) is 0 Å². The number of thioether (sulfide) groups is 2. The van der Waals surface area contributed by atoms with Crippen molar-refractivity contribution in [1.29, 1.82) is 0 Å². The maximum atomic E-state index is 13.0. The Morgan fingerprint density at radius 1 is 0.906 bits per heavy atom. The number of rotatable bonds is 11. The average molecular weight is 475 g/mol. The highest BCUT2D eigenvalue weighted by atomic mass is 32.2. The maximum Gasteiger partial charge on any atom is 0.313 e. The highest BCUT2D eigenvalue weighted by Gasteiger charge is 2.28. The second kappa shape index (κ2) is 13.3. The number of carbonyl (C=O) groups excluding carboxylic acids is 3. The molecule has 0 fully saturated rings. The summed E-state index contributed by atoms with van der Waals surface area (Å²) in [5.41, 5.74) is 1.54. The molecule has 0 heterocycles. The molecule has 0 radical (unpaired) electrons. The van der Waals surface area contributed by atoms with Crippen molar-refractivity contribution in [3.63, 3.8) is 0 Å². The van der Waals surface area contributed by atoms with Crippen LogP contribution < -0.4 is 0 Å². The maximum absolute atomic E-state index is 13.0. The molecule has 0 spiro atoms. The summed E-state index contributed by atoms with van der Waals surface area (Å²) in [7, 11) is 0. The number of ether oxygens (including phenoxy) is 1. The van der Waals surface area contributed by atoms with Crippen molar-refractivity contribution in [1.82, 2.24) is 0 Å². The summed E-state index contributed by atoms with van der Waals surface area (Å²) in [6, 6.07) is 12.2. The van der Waals surface area contributed by atoms with Gasteiger partial charge < -0.3 is 9.84 Å². The van der Waals surface area contributed by atoms with E-state index in [0.29, 0.717) is 34.6 Å². The molecule has 0 aliphatic rings. The Morgan fingerprint density at radius 2 is 1.53 bits per heavy atom. The zero-order valence-corrected chi connectivity index (χ0v) is 20.4. The zero-order chi connectivity index (χ0) is 23.5. The molecule has 7 heteroatoms. The molecule has 0 aromatic heterocycles. The number of phenolic OH excluding ortho intramolecular Hbond substituents is 1. The van der Waals surface area contributed by atoms with Crippen molar-refractivity contribution >= 4 is 39.7 Å². The van der Waals surface area contributed by atoms with Gasteiger partial charge in [-0.2, -0.15) is 0 Å². The molecular weight excluding hydrogens is 444 g/mol. The molecule has 0 aliphatic carbocycles. The van der Waals surface area contributed by atoms with Crippen molar-refractivity contribution in [3.8, 4) is 5.75 Å². The number of benzene rings is 2. The van der Waals surface area contributed by atoms with E-state index >= 15 is 0 Å². The SMILES string of the molecule is CCCC(=O)Sc1cccc(C(Cc2ccc(O)cc2)C(=O)OCC)c1SC(=O)CCC. The van der Waals surface area contributed by atoms with Crippen LogP contribution in [-0.4, -0.2) is 27.9 Å². The highest BCUT2D eigenvalue weighted by Crippen LogP contribution is 2.40. The first-order valence-corrected chi connectivity index (χ1v) is 12.5. The second-order valence-electron chi connectivity index (χ2n) is 7.30. The van der Waals surface area contributed by atoms with Crippen LogP contribution in [0.15, 0.2) is 52.3 Å². The van der Waals surface area contributed by atoms with E-state index in [1.165, 1.54) is 0 Å². The fourth-order valence-corrected chi connectivity index (χ4v) is 5.36. The fourth-order valence-electron chi connectivity index (χ4n) is 3.17. The van der Waals surface area contributed by atoms with Crippen LogP contribution >= 0.6 is 23.5 Å². The molecule has 0 aliphatic heterocycles. The van der Waals surface area contributed by atoms with E-state index in [1.54, 1.807) is 31.2 Å². The van der Waals surface area contributed by atoms with Crippen LogP contribution in [0.4, 0.5) is 0 Å². The van der Waals surface area contributed by atoms with Gasteiger partial charge in [0, 0.05) is 22.6 Å². The lowest BCUT2D eigenvalue weighted by molar-refractivity contribution is -0.145. The third kappa shape index (κ3) is 7.71. The Labute approximate surface area is 198 Å². The van der Waals surface area contributed by atoms with Crippen LogP contribution in [0.5, 0.6) is 5.75 Å². The summed E-state index contributed by atoms with van der Waals surface area (Å²) in [6.45, 7) is 5.89. The van der Waals surface area contributed by atoms with Crippen molar-refractivity contribution < 1.29 is 24.2 Å². The van der Waals surface area contributed by atoms with Gasteiger partial charge in [0.25, 0.3) is 0 Å². The Morgan fingerprint density at radius 3 is 2.12 bits per heavy atom. The van der Waals surface area contributed by atoms with Gasteiger partial charge in [0.15, 0.2) is 10.2 Å². The standard InChI is InChI=1S/C25H30O5S2/c1-4-8-22(27)31-21-11-7-10-19(24(21)32-23(28)9-5-2)20(25(29)30-6-3)16-17-12-14-18(26)15-13-17/h7,10-15,20,26H,4-6,8-9,16H2,1-3H3. The van der Waals surface area contributed by atoms with Gasteiger partial charge in [0.2, 0.25) is 0 Å². The van der Waals surface area contributed by atoms with E-state index in [1.807, 2.05) is 32.0 Å². The van der Waals surface area contributed by atoms with Gasteiger partial charge in [0.1, 0.15) is 5.75 Å². The zero-order valence-electron chi connectivity index (χ0n) is 18.8. The largest absolute Gasteiger partial charge is 0.508 e. The van der Waals surface area contributed by atoms with Gasteiger partial charge in [-0.3, -0.25) is 14.4 Å². The number of hydrogen-bond acceptors (Lipinski definition) is 7. The first-order valence-electron chi connectivity index (χ1n) is 10.9. The van der Waals surface area contributed by atoms with E-state index in [-0.39, 0.29) is 28.6 Å². The van der Waals surface area contributed by atoms with E-state index in [0.717, 1.165) is 41.9 Å². The summed E-state index contributed by atoms with van der Waals surface area (Å²) in [6.07, 6.45) is 2.67. The van der Waals surface area contributed by atoms with Gasteiger partial charge in [-0.25, -0.2) is 0 Å². The summed E-state index contributed by atoms with van der Waals surface area (Å²) < 4.78 is 5.37. The predicted molar refractivity (Wildman–Crippen MR) is 129 cm³/mol. The number of hydrogen-bond donors (Lipinski definition) is 1. The molecule has 32 heavy (non-hydrogen) atoms. The highest BCUT2D eigenvalue weighted by molar-refractivity contribution is 8.16. The Hall–Kier alpha value is -2.25. The quantitative estimate of drug-likeness (QED) is 0.310. The predicted octanol–water partition coefficient (Wildman–Crippen LogP) is 6.12. The van der Waals surface area contributed by atoms with Gasteiger partial charge in [-0.1, -0.05) is 61.6 Å². The van der Waals surface area contributed by atoms with E-state index in [2.05, 4.69) is 0 Å². The minimum atomic E-state index is -0.641. The van der Waals surface area contributed by atoms with Gasteiger partial charge in [-0.15, -0.1) is 0 Å². The molecule has 0 saturated heterocycles. The molecule has 0 amide bonds. The summed E-state index contributed by atoms with van der Waals surface area (Å²) in [5.74, 6) is -0.874. The average Bonchev–Trinajstić information content (AvgIpc) is 2.75. The number of carbonyl (C=O) groups is 3. The van der Waals surface area contributed by atoms with Crippen LogP contribution in [0.1, 0.15) is 63.5 Å². The monoisotopic (exact) mass is 474 g/mol. The van der Waals surface area contributed by atoms with Crippen LogP contribution in [-0.2, 0) is 25.5 Å². The summed E-state index contributed by atoms with van der Waals surface area (Å²) in [5, 5.41) is 9.62. The summed E-state index contributed by atoms with van der Waals surface area (Å²) >= 11 is 2.22. The first kappa shape index (κ1) is 26.0. The third-order valence-electron chi connectivity index (χ3n) is 4.68. The van der Waals surface area contributed by atoms with Crippen LogP contribution in [0, 0.1) is 0 Å². The Kier molecular flexibility index (Phi) is 10.8. The second-order valence-corrected chi connectivity index (χ2v) is 9.46. The molecule has 0 saturated carbocycles. The van der Waals surface area contributed by atoms with Crippen molar-refractivity contribution in [2.75, 3.05) is 6.61 Å². The first-order chi connectivity index (χ1) is 15.4. The molecular formula is C25H30O5S2. The normalized spacial score (nSPS) is 11.7.